The van der Waals surface area contributed by atoms with E-state index in [2.05, 4.69) is 11.2 Å². The number of nitrogens with one attached hydrogen (secondary N) is 1. The second-order valence-corrected chi connectivity index (χ2v) is 13.6. The van der Waals surface area contributed by atoms with Crippen LogP contribution in [0.15, 0.2) is 48.5 Å². The van der Waals surface area contributed by atoms with Gasteiger partial charge in [0.15, 0.2) is 11.6 Å². The van der Waals surface area contributed by atoms with E-state index in [1.807, 2.05) is 0 Å². The first kappa shape index (κ1) is 36.9. The van der Waals surface area contributed by atoms with Crippen LogP contribution in [0.5, 0.6) is 0 Å². The molecule has 4 rings (SSSR count). The maximum atomic E-state index is 15.7. The Balaban J connectivity index is 1.56. The number of benzene rings is 3. The zero-order valence-corrected chi connectivity index (χ0v) is 27.5. The molecule has 1 aliphatic carbocycles. The summed E-state index contributed by atoms with van der Waals surface area (Å²) in [5.74, 6) is -5.74. The van der Waals surface area contributed by atoms with E-state index in [1.165, 1.54) is 12.1 Å². The minimum absolute atomic E-state index is 0.00279. The van der Waals surface area contributed by atoms with Crippen molar-refractivity contribution in [2.75, 3.05) is 16.8 Å². The highest BCUT2D eigenvalue weighted by molar-refractivity contribution is 6.53. The van der Waals surface area contributed by atoms with Crippen molar-refractivity contribution in [2.24, 2.45) is 5.92 Å². The number of rotatable bonds is 8. The summed E-state index contributed by atoms with van der Waals surface area (Å²) in [5, 5.41) is 2.38. The Kier molecular flexibility index (Phi) is 10.4. The van der Waals surface area contributed by atoms with Crippen LogP contribution >= 0.6 is 34.8 Å². The van der Waals surface area contributed by atoms with Crippen molar-refractivity contribution in [1.29, 1.82) is 0 Å². The number of hydrogen-bond donors (Lipinski definition) is 1. The molecule has 6 nitrogen and oxygen atoms in total. The normalized spacial score (nSPS) is 16.9. The van der Waals surface area contributed by atoms with Gasteiger partial charge in [0.2, 0.25) is 5.91 Å². The maximum Gasteiger partial charge on any atom is 0.419 e. The van der Waals surface area contributed by atoms with Gasteiger partial charge >= 0.3 is 12.3 Å². The molecule has 0 bridgehead atoms. The van der Waals surface area contributed by atoms with E-state index in [0.29, 0.717) is 17.0 Å². The number of alkyl halides is 5. The number of anilines is 2. The molecular weight excluding hydrogens is 709 g/mol. The van der Waals surface area contributed by atoms with Gasteiger partial charge in [0.05, 0.1) is 23.0 Å². The number of nitrogens with zero attached hydrogens (tertiary/aromatic N) is 1. The topological polar surface area (TPSA) is 75.7 Å². The molecular formula is C33H25Cl3F6N2O4. The molecule has 0 spiro atoms. The lowest BCUT2D eigenvalue weighted by atomic mass is 10.0. The summed E-state index contributed by atoms with van der Waals surface area (Å²) in [5.41, 5.74) is -4.01. The van der Waals surface area contributed by atoms with Gasteiger partial charge in [-0.05, 0) is 68.3 Å². The van der Waals surface area contributed by atoms with E-state index in [1.54, 1.807) is 20.8 Å². The van der Waals surface area contributed by atoms with Crippen molar-refractivity contribution in [3.63, 3.8) is 0 Å². The zero-order chi connectivity index (χ0) is 35.9. The number of halogens is 9. The Hall–Kier alpha value is -3.92. The molecule has 2 atom stereocenters. The number of hydrogen-bond acceptors (Lipinski definition) is 4. The second kappa shape index (κ2) is 13.5. The molecule has 254 valence electrons. The quantitative estimate of drug-likeness (QED) is 0.109. The SMILES string of the molecule is C#CCN(C(=O)OC(C)(C)C)c1c(F)ccc(CC(=O)c2cc(NC(=O)[C@H]3[C@H](c4ccc(F)c(C(F)(F)F)c4)C3(Cl)Cl)ccc2Cl)c1F. The van der Waals surface area contributed by atoms with Gasteiger partial charge in [-0.1, -0.05) is 29.7 Å². The number of amides is 2. The van der Waals surface area contributed by atoms with Crippen molar-refractivity contribution in [3.8, 4) is 12.3 Å². The van der Waals surface area contributed by atoms with Gasteiger partial charge < -0.3 is 10.1 Å². The van der Waals surface area contributed by atoms with Crippen molar-refractivity contribution < 1.29 is 45.5 Å². The fourth-order valence-corrected chi connectivity index (χ4v) is 5.99. The van der Waals surface area contributed by atoms with Crippen LogP contribution in [0.4, 0.5) is 42.5 Å². The van der Waals surface area contributed by atoms with E-state index in [9.17, 15) is 36.3 Å². The summed E-state index contributed by atoms with van der Waals surface area (Å²) in [4.78, 5) is 39.7. The summed E-state index contributed by atoms with van der Waals surface area (Å²) in [6.45, 7) is 4.09. The minimum Gasteiger partial charge on any atom is -0.443 e. The predicted octanol–water partition coefficient (Wildman–Crippen LogP) is 9.10. The fraction of sp³-hybridized carbons (Fsp3) is 0.303. The third-order valence-corrected chi connectivity index (χ3v) is 8.43. The summed E-state index contributed by atoms with van der Waals surface area (Å²) in [6, 6.07) is 7.76. The van der Waals surface area contributed by atoms with E-state index in [0.717, 1.165) is 24.3 Å². The summed E-state index contributed by atoms with van der Waals surface area (Å²) in [7, 11) is 0. The lowest BCUT2D eigenvalue weighted by molar-refractivity contribution is -0.140. The predicted molar refractivity (Wildman–Crippen MR) is 169 cm³/mol. The molecule has 1 N–H and O–H groups in total. The van der Waals surface area contributed by atoms with Crippen LogP contribution in [0, 0.1) is 35.7 Å². The average Bonchev–Trinajstić information content (AvgIpc) is 3.55. The van der Waals surface area contributed by atoms with Crippen LogP contribution in [0.2, 0.25) is 5.02 Å². The maximum absolute atomic E-state index is 15.7. The van der Waals surface area contributed by atoms with Gasteiger partial charge in [-0.2, -0.15) is 13.2 Å². The molecule has 1 fully saturated rings. The van der Waals surface area contributed by atoms with Crippen LogP contribution in [0.25, 0.3) is 0 Å². The number of carbonyl (C=O) groups excluding carboxylic acids is 3. The number of Topliss-reactive ketones (excluding diaryl/α,β-unsaturated/α-hetero) is 1. The molecule has 1 aliphatic rings. The molecule has 2 amide bonds. The highest BCUT2D eigenvalue weighted by atomic mass is 35.5. The van der Waals surface area contributed by atoms with E-state index in [-0.39, 0.29) is 27.4 Å². The number of carbonyl (C=O) groups is 3. The molecule has 1 saturated carbocycles. The van der Waals surface area contributed by atoms with Crippen molar-refractivity contribution in [2.45, 2.75) is 49.2 Å². The average molecular weight is 734 g/mol. The molecule has 0 aliphatic heterocycles. The Morgan fingerprint density at radius 2 is 1.65 bits per heavy atom. The highest BCUT2D eigenvalue weighted by Crippen LogP contribution is 2.65. The Bertz CT molecular complexity index is 1840. The Morgan fingerprint density at radius 1 is 1.00 bits per heavy atom. The van der Waals surface area contributed by atoms with Crippen LogP contribution in [0.1, 0.15) is 53.7 Å². The fourth-order valence-electron chi connectivity index (χ4n) is 4.94. The molecule has 48 heavy (non-hydrogen) atoms. The summed E-state index contributed by atoms with van der Waals surface area (Å²) < 4.78 is 87.5. The van der Waals surface area contributed by atoms with E-state index in [4.69, 9.17) is 46.0 Å². The first-order chi connectivity index (χ1) is 22.2. The molecule has 3 aromatic carbocycles. The third kappa shape index (κ3) is 7.86. The molecule has 3 aromatic rings. The van der Waals surface area contributed by atoms with Gasteiger partial charge in [-0.25, -0.2) is 18.0 Å². The third-order valence-electron chi connectivity index (χ3n) is 7.16. The standard InChI is InChI=1S/C33H25Cl3F6N2O4/c1-5-12-44(30(47)48-31(2,3)4)28-23(38)11-7-17(27(28)39)14-24(45)19-15-18(8-9-21(19)34)43-29(46)26-25(32(26,35)36)16-6-10-22(37)20(13-16)33(40,41)42/h1,6-11,13,15,25-26H,12,14H2,2-4H3,(H,43,46)/t25-,26+/m0/s1. The molecule has 0 heterocycles. The van der Waals surface area contributed by atoms with Gasteiger partial charge in [0.25, 0.3) is 0 Å². The van der Waals surface area contributed by atoms with E-state index >= 15 is 4.39 Å². The van der Waals surface area contributed by atoms with Crippen LogP contribution in [-0.2, 0) is 22.1 Å². The van der Waals surface area contributed by atoms with Gasteiger partial charge in [-0.15, -0.1) is 29.6 Å². The zero-order valence-electron chi connectivity index (χ0n) is 25.2. The number of ether oxygens (including phenoxy) is 1. The summed E-state index contributed by atoms with van der Waals surface area (Å²) in [6.07, 6.45) is -1.47. The van der Waals surface area contributed by atoms with Crippen molar-refractivity contribution >= 4 is 64.0 Å². The molecule has 0 unspecified atom stereocenters. The van der Waals surface area contributed by atoms with Gasteiger partial charge in [-0.3, -0.25) is 14.5 Å². The number of ketones is 1. The van der Waals surface area contributed by atoms with E-state index < -0.39 is 87.4 Å². The van der Waals surface area contributed by atoms with Crippen LogP contribution in [0.3, 0.4) is 0 Å². The van der Waals surface area contributed by atoms with Crippen molar-refractivity contribution in [3.05, 3.63) is 93.3 Å². The van der Waals surface area contributed by atoms with Gasteiger partial charge in [0.1, 0.15) is 27.3 Å². The minimum atomic E-state index is -5.00. The first-order valence-corrected chi connectivity index (χ1v) is 15.1. The molecule has 0 aromatic heterocycles. The molecule has 0 radical (unpaired) electrons. The smallest absolute Gasteiger partial charge is 0.419 e. The highest BCUT2D eigenvalue weighted by Gasteiger charge is 2.67. The molecule has 0 saturated heterocycles. The Morgan fingerprint density at radius 3 is 2.25 bits per heavy atom. The first-order valence-electron chi connectivity index (χ1n) is 14.0. The Labute approximate surface area is 286 Å². The monoisotopic (exact) mass is 732 g/mol. The lowest BCUT2D eigenvalue weighted by Gasteiger charge is -2.27. The number of terminal acetylenes is 1. The largest absolute Gasteiger partial charge is 0.443 e. The second-order valence-electron chi connectivity index (χ2n) is 11.8. The molecule has 15 heteroatoms. The van der Waals surface area contributed by atoms with Crippen LogP contribution in [-0.4, -0.2) is 34.3 Å². The van der Waals surface area contributed by atoms with Crippen LogP contribution < -0.4 is 10.2 Å². The lowest BCUT2D eigenvalue weighted by Crippen LogP contribution is -2.38. The van der Waals surface area contributed by atoms with Gasteiger partial charge in [0, 0.05) is 23.6 Å². The summed E-state index contributed by atoms with van der Waals surface area (Å²) >= 11 is 18.7. The van der Waals surface area contributed by atoms with Crippen molar-refractivity contribution in [1.82, 2.24) is 0 Å².